The second kappa shape index (κ2) is 7.02. The van der Waals surface area contributed by atoms with Crippen LogP contribution in [0, 0.1) is 5.41 Å². The van der Waals surface area contributed by atoms with Crippen molar-refractivity contribution in [2.45, 2.75) is 0 Å². The molecular formula is C3H8NO4PS. The van der Waals surface area contributed by atoms with Gasteiger partial charge in [-0.25, -0.2) is 10.2 Å². The minimum atomic E-state index is -2.82. The topological polar surface area (TPSA) is 79.6 Å². The van der Waals surface area contributed by atoms with Gasteiger partial charge in [0.05, 0.1) is 0 Å². The van der Waals surface area contributed by atoms with E-state index in [1.807, 2.05) is 0 Å². The molecule has 0 heterocycles. The van der Waals surface area contributed by atoms with Gasteiger partial charge in [-0.2, -0.15) is 0 Å². The molecule has 0 aliphatic heterocycles. The summed E-state index contributed by atoms with van der Waals surface area (Å²) in [6, 6.07) is 0. The molecule has 0 saturated heterocycles. The molecule has 0 aliphatic rings. The van der Waals surface area contributed by atoms with Crippen LogP contribution in [0.25, 0.3) is 0 Å². The number of hydrogen-bond donors (Lipinski definition) is 2. The van der Waals surface area contributed by atoms with Crippen LogP contribution in [0.1, 0.15) is 0 Å². The molecule has 0 aromatic carbocycles. The molecule has 60 valence electrons. The van der Waals surface area contributed by atoms with E-state index >= 15 is 0 Å². The Bertz CT molecular complexity index is 147. The Hall–Kier alpha value is -0.0900. The lowest BCUT2D eigenvalue weighted by atomic mass is 11.7. The molecule has 2 N–H and O–H groups in total. The molecule has 0 bridgehead atoms. The van der Waals surface area contributed by atoms with E-state index in [-0.39, 0.29) is 0 Å². The Labute approximate surface area is 63.7 Å². The number of carbonyl (C=O) groups excluding carboxylic acids is 1. The summed E-state index contributed by atoms with van der Waals surface area (Å²) in [5.74, 6) is 0. The van der Waals surface area contributed by atoms with Crippen LogP contribution in [0.2, 0.25) is 0 Å². The largest absolute Gasteiger partial charge is 0.324 e. The minimum Gasteiger partial charge on any atom is -0.324 e. The van der Waals surface area contributed by atoms with Crippen LogP contribution in [0.4, 0.5) is 0 Å². The number of isocyanates is 1. The van der Waals surface area contributed by atoms with Gasteiger partial charge in [0.15, 0.2) is 0 Å². The molecule has 0 saturated carbocycles. The van der Waals surface area contributed by atoms with Crippen LogP contribution in [0.5, 0.6) is 0 Å². The summed E-state index contributed by atoms with van der Waals surface area (Å²) in [4.78, 5) is 17.0. The smallest absolute Gasteiger partial charge is 0.323 e. The molecule has 0 radical (unpaired) electrons. The molecule has 0 atom stereocenters. The minimum absolute atomic E-state index is 0.750. The van der Waals surface area contributed by atoms with E-state index in [1.54, 1.807) is 0 Å². The molecule has 0 spiro atoms. The maximum Gasteiger partial charge on any atom is 0.323 e. The van der Waals surface area contributed by atoms with Crippen molar-refractivity contribution in [2.24, 2.45) is 0 Å². The van der Waals surface area contributed by atoms with Crippen LogP contribution in [-0.4, -0.2) is 25.2 Å². The molecule has 7 heteroatoms. The van der Waals surface area contributed by atoms with Crippen LogP contribution in [-0.2, 0) is 25.6 Å². The summed E-state index contributed by atoms with van der Waals surface area (Å²) in [5.41, 5.74) is 0. The lowest BCUT2D eigenvalue weighted by Gasteiger charge is -2.06. The maximum absolute atomic E-state index is 8.61. The van der Waals surface area contributed by atoms with Crippen molar-refractivity contribution in [1.82, 2.24) is 0 Å². The van der Waals surface area contributed by atoms with Crippen molar-refractivity contribution in [3.63, 3.8) is 0 Å². The average molecular weight is 185 g/mol. The van der Waals surface area contributed by atoms with Crippen molar-refractivity contribution in [2.75, 3.05) is 14.2 Å². The quantitative estimate of drug-likeness (QED) is 0.369. The first-order valence-electron chi connectivity index (χ1n) is 2.02. The van der Waals surface area contributed by atoms with Crippen molar-refractivity contribution >= 4 is 24.6 Å². The highest BCUT2D eigenvalue weighted by atomic mass is 32.5. The highest BCUT2D eigenvalue weighted by Gasteiger charge is 2.06. The molecule has 0 aliphatic carbocycles. The van der Waals surface area contributed by atoms with E-state index in [2.05, 4.69) is 20.9 Å². The van der Waals surface area contributed by atoms with Gasteiger partial charge in [0.2, 0.25) is 6.08 Å². The SMILES string of the molecule is COP(O)(=S)OC.N=C=O. The van der Waals surface area contributed by atoms with Crippen molar-refractivity contribution in [3.05, 3.63) is 0 Å². The van der Waals surface area contributed by atoms with E-state index in [1.165, 1.54) is 14.2 Å². The lowest BCUT2D eigenvalue weighted by molar-refractivity contribution is 0.267. The number of hydrogen-bond acceptors (Lipinski definition) is 5. The fourth-order valence-electron chi connectivity index (χ4n) is 0.0745. The fraction of sp³-hybridized carbons (Fsp3) is 0.667. The summed E-state index contributed by atoms with van der Waals surface area (Å²) < 4.78 is 8.69. The molecule has 0 aromatic rings. The maximum atomic E-state index is 8.61. The summed E-state index contributed by atoms with van der Waals surface area (Å²) >= 11 is 4.37. The predicted octanol–water partition coefficient (Wildman–Crippen LogP) is 0.397. The van der Waals surface area contributed by atoms with Gasteiger partial charge in [0.25, 0.3) is 0 Å². The van der Waals surface area contributed by atoms with Gasteiger partial charge in [-0.1, -0.05) is 0 Å². The van der Waals surface area contributed by atoms with Gasteiger partial charge >= 0.3 is 6.72 Å². The molecule has 0 fully saturated rings. The predicted molar refractivity (Wildman–Crippen MR) is 38.9 cm³/mol. The third-order valence-electron chi connectivity index (χ3n) is 0.461. The molecular weight excluding hydrogens is 177 g/mol. The highest BCUT2D eigenvalue weighted by Crippen LogP contribution is 2.40. The summed E-state index contributed by atoms with van der Waals surface area (Å²) in [6.45, 7) is -2.82. The first-order chi connectivity index (χ1) is 4.54. The second-order valence-electron chi connectivity index (χ2n) is 0.936. The Morgan fingerprint density at radius 1 is 1.60 bits per heavy atom. The summed E-state index contributed by atoms with van der Waals surface area (Å²) in [7, 11) is 2.62. The van der Waals surface area contributed by atoms with Gasteiger partial charge < -0.3 is 13.9 Å². The number of rotatable bonds is 2. The van der Waals surface area contributed by atoms with Crippen LogP contribution < -0.4 is 0 Å². The Morgan fingerprint density at radius 2 is 1.80 bits per heavy atom. The molecule has 0 rings (SSSR count). The van der Waals surface area contributed by atoms with E-state index < -0.39 is 6.72 Å². The van der Waals surface area contributed by atoms with E-state index in [9.17, 15) is 0 Å². The van der Waals surface area contributed by atoms with E-state index in [0.717, 1.165) is 6.08 Å². The zero-order valence-electron chi connectivity index (χ0n) is 5.53. The average Bonchev–Trinajstić information content (AvgIpc) is 1.90. The zero-order valence-corrected chi connectivity index (χ0v) is 7.24. The summed E-state index contributed by atoms with van der Waals surface area (Å²) in [6.07, 6.45) is 0.750. The van der Waals surface area contributed by atoms with E-state index in [4.69, 9.17) is 15.1 Å². The molecule has 0 amide bonds. The fourth-order valence-corrected chi connectivity index (χ4v) is 0.224. The van der Waals surface area contributed by atoms with Crippen LogP contribution >= 0.6 is 6.72 Å². The first-order valence-corrected chi connectivity index (χ1v) is 4.61. The van der Waals surface area contributed by atoms with Gasteiger partial charge in [0, 0.05) is 14.2 Å². The number of nitrogens with one attached hydrogen (secondary N) is 1. The van der Waals surface area contributed by atoms with Gasteiger partial charge in [0.1, 0.15) is 0 Å². The second-order valence-corrected chi connectivity index (χ2v) is 3.99. The van der Waals surface area contributed by atoms with Crippen LogP contribution in [0.15, 0.2) is 0 Å². The third-order valence-corrected chi connectivity index (χ3v) is 2.28. The van der Waals surface area contributed by atoms with Crippen molar-refractivity contribution in [3.8, 4) is 0 Å². The molecule has 0 unspecified atom stereocenters. The van der Waals surface area contributed by atoms with Gasteiger partial charge in [-0.3, -0.25) is 0 Å². The zero-order chi connectivity index (χ0) is 8.62. The summed E-state index contributed by atoms with van der Waals surface area (Å²) in [5, 5.41) is 5.40. The normalized spacial score (nSPS) is 9.10. The molecule has 10 heavy (non-hydrogen) atoms. The Morgan fingerprint density at radius 3 is 1.80 bits per heavy atom. The Kier molecular flexibility index (Phi) is 8.83. The Balaban J connectivity index is 0. The van der Waals surface area contributed by atoms with Crippen LogP contribution in [0.3, 0.4) is 0 Å². The third kappa shape index (κ3) is 10.8. The van der Waals surface area contributed by atoms with E-state index in [0.29, 0.717) is 0 Å². The molecule has 5 nitrogen and oxygen atoms in total. The highest BCUT2D eigenvalue weighted by molar-refractivity contribution is 8.07. The van der Waals surface area contributed by atoms with Gasteiger partial charge in [-0.05, 0) is 11.8 Å². The van der Waals surface area contributed by atoms with Gasteiger partial charge in [-0.15, -0.1) is 0 Å². The first kappa shape index (κ1) is 12.6. The lowest BCUT2D eigenvalue weighted by Crippen LogP contribution is -1.82. The van der Waals surface area contributed by atoms with Crippen molar-refractivity contribution in [1.29, 1.82) is 5.41 Å². The molecule has 0 aromatic heterocycles. The monoisotopic (exact) mass is 185 g/mol. The standard InChI is InChI=1S/C2H7O3PS.CHNO/c1-4-6(3,7)5-2;2-1-3/h1-2H3,(H,3,7);2H. The van der Waals surface area contributed by atoms with Crippen molar-refractivity contribution < 1.29 is 18.7 Å².